The van der Waals surface area contributed by atoms with E-state index in [0.717, 1.165) is 33.0 Å². The smallest absolute Gasteiger partial charge is 0.291 e. The molecule has 2 amide bonds. The van der Waals surface area contributed by atoms with E-state index >= 15 is 0 Å². The molecule has 0 radical (unpaired) electrons. The molecule has 1 aliphatic heterocycles. The molecule has 1 aliphatic rings. The summed E-state index contributed by atoms with van der Waals surface area (Å²) < 4.78 is 0.966. The van der Waals surface area contributed by atoms with E-state index in [4.69, 9.17) is 0 Å². The van der Waals surface area contributed by atoms with Crippen molar-refractivity contribution in [3.05, 3.63) is 64.1 Å². The van der Waals surface area contributed by atoms with Crippen molar-refractivity contribution in [2.45, 2.75) is 18.8 Å². The second-order valence-corrected chi connectivity index (χ2v) is 7.30. The monoisotopic (exact) mass is 390 g/mol. The molecular weight excluding hydrogens is 376 g/mol. The number of benzene rings is 2. The molecule has 1 heterocycles. The van der Waals surface area contributed by atoms with Crippen LogP contribution in [0.5, 0.6) is 0 Å². The van der Waals surface area contributed by atoms with Crippen molar-refractivity contribution in [1.82, 2.24) is 4.90 Å². The number of hydrogen-bond acceptors (Lipinski definition) is 4. The zero-order chi connectivity index (χ0) is 16.4. The van der Waals surface area contributed by atoms with Crippen LogP contribution in [0.4, 0.5) is 10.5 Å². The van der Waals surface area contributed by atoms with E-state index in [9.17, 15) is 9.59 Å². The summed E-state index contributed by atoms with van der Waals surface area (Å²) >= 11 is 4.39. The summed E-state index contributed by atoms with van der Waals surface area (Å²) in [7, 11) is 0. The summed E-state index contributed by atoms with van der Waals surface area (Å²) in [5.74, 6) is -0.205. The zero-order valence-corrected chi connectivity index (χ0v) is 14.9. The lowest BCUT2D eigenvalue weighted by Gasteiger charge is -2.15. The number of thioether (sulfide) groups is 1. The topological polar surface area (TPSA) is 49.4 Å². The third-order valence-electron chi connectivity index (χ3n) is 3.53. The van der Waals surface area contributed by atoms with Crippen molar-refractivity contribution < 1.29 is 9.59 Å². The number of imide groups is 1. The van der Waals surface area contributed by atoms with E-state index in [1.54, 1.807) is 0 Å². The molecule has 4 nitrogen and oxygen atoms in total. The van der Waals surface area contributed by atoms with Crippen molar-refractivity contribution in [1.29, 1.82) is 0 Å². The number of carbonyl (C=O) groups excluding carboxylic acids is 2. The molecular formula is C17H15BrN2O2S. The van der Waals surface area contributed by atoms with Gasteiger partial charge in [-0.15, -0.1) is 0 Å². The second-order valence-electron chi connectivity index (χ2n) is 5.33. The van der Waals surface area contributed by atoms with E-state index in [1.165, 1.54) is 4.90 Å². The van der Waals surface area contributed by atoms with E-state index in [0.29, 0.717) is 6.54 Å². The Hall–Kier alpha value is -1.79. The number of hydrogen-bond donors (Lipinski definition) is 1. The fraction of sp³-hybridized carbons (Fsp3) is 0.176. The van der Waals surface area contributed by atoms with Crippen LogP contribution >= 0.6 is 27.7 Å². The van der Waals surface area contributed by atoms with Crippen LogP contribution in [0.3, 0.4) is 0 Å². The lowest BCUT2D eigenvalue weighted by Crippen LogP contribution is -2.33. The normalized spacial score (nSPS) is 17.7. The molecule has 1 atom stereocenters. The van der Waals surface area contributed by atoms with E-state index < -0.39 is 5.37 Å². The number of nitrogens with one attached hydrogen (secondary N) is 1. The van der Waals surface area contributed by atoms with Crippen LogP contribution in [0.25, 0.3) is 0 Å². The number of rotatable bonds is 4. The average Bonchev–Trinajstić information content (AvgIpc) is 2.79. The van der Waals surface area contributed by atoms with Gasteiger partial charge in [-0.05, 0) is 48.5 Å². The Balaban J connectivity index is 1.69. The largest absolute Gasteiger partial charge is 0.365 e. The van der Waals surface area contributed by atoms with Crippen molar-refractivity contribution in [3.63, 3.8) is 0 Å². The molecule has 6 heteroatoms. The lowest BCUT2D eigenvalue weighted by atomic mass is 10.2. The molecule has 2 aromatic carbocycles. The predicted octanol–water partition coefficient (Wildman–Crippen LogP) is 4.39. The van der Waals surface area contributed by atoms with Gasteiger partial charge in [0.25, 0.3) is 11.1 Å². The molecule has 118 valence electrons. The van der Waals surface area contributed by atoms with Crippen LogP contribution in [0.1, 0.15) is 11.1 Å². The van der Waals surface area contributed by atoms with Gasteiger partial charge < -0.3 is 5.32 Å². The van der Waals surface area contributed by atoms with Crippen molar-refractivity contribution in [2.24, 2.45) is 0 Å². The van der Waals surface area contributed by atoms with Gasteiger partial charge >= 0.3 is 0 Å². The lowest BCUT2D eigenvalue weighted by molar-refractivity contribution is -0.126. The van der Waals surface area contributed by atoms with Crippen molar-refractivity contribution in [3.8, 4) is 0 Å². The van der Waals surface area contributed by atoms with Gasteiger partial charge in [-0.2, -0.15) is 0 Å². The van der Waals surface area contributed by atoms with Crippen LogP contribution in [0.15, 0.2) is 53.0 Å². The highest BCUT2D eigenvalue weighted by Crippen LogP contribution is 2.29. The van der Waals surface area contributed by atoms with Gasteiger partial charge in [0.05, 0.1) is 6.54 Å². The quantitative estimate of drug-likeness (QED) is 0.840. The number of halogens is 1. The SMILES string of the molecule is Cc1ccc(NC2SC(=O)N(Cc3ccc(Br)cc3)C2=O)cc1. The van der Waals surface area contributed by atoms with Gasteiger partial charge in [-0.3, -0.25) is 14.5 Å². The Kier molecular flexibility index (Phi) is 4.73. The maximum atomic E-state index is 12.5. The average molecular weight is 391 g/mol. The summed E-state index contributed by atoms with van der Waals surface area (Å²) in [6.07, 6.45) is 0. The molecule has 0 spiro atoms. The van der Waals surface area contributed by atoms with E-state index in [1.807, 2.05) is 55.5 Å². The van der Waals surface area contributed by atoms with Gasteiger partial charge in [0.2, 0.25) is 0 Å². The first-order valence-electron chi connectivity index (χ1n) is 7.12. The van der Waals surface area contributed by atoms with Crippen molar-refractivity contribution >= 4 is 44.5 Å². The fourth-order valence-corrected chi connectivity index (χ4v) is 3.42. The van der Waals surface area contributed by atoms with E-state index in [-0.39, 0.29) is 11.1 Å². The molecule has 0 aromatic heterocycles. The molecule has 0 aliphatic carbocycles. The first kappa shape index (κ1) is 16.1. The Morgan fingerprint density at radius 2 is 1.74 bits per heavy atom. The maximum Gasteiger partial charge on any atom is 0.291 e. The van der Waals surface area contributed by atoms with Crippen LogP contribution < -0.4 is 5.32 Å². The highest BCUT2D eigenvalue weighted by Gasteiger charge is 2.39. The molecule has 1 N–H and O–H groups in total. The number of aryl methyl sites for hydroxylation is 1. The molecule has 1 unspecified atom stereocenters. The molecule has 2 aromatic rings. The Bertz CT molecular complexity index is 731. The van der Waals surface area contributed by atoms with Gasteiger partial charge in [-0.1, -0.05) is 45.8 Å². The summed E-state index contributed by atoms with van der Waals surface area (Å²) in [5.41, 5.74) is 2.90. The minimum absolute atomic E-state index is 0.205. The van der Waals surface area contributed by atoms with Crippen molar-refractivity contribution in [2.75, 3.05) is 5.32 Å². The number of anilines is 1. The summed E-state index contributed by atoms with van der Waals surface area (Å²) in [6, 6.07) is 15.3. The van der Waals surface area contributed by atoms with E-state index in [2.05, 4.69) is 21.2 Å². The van der Waals surface area contributed by atoms with Gasteiger partial charge in [0.15, 0.2) is 5.37 Å². The predicted molar refractivity (Wildman–Crippen MR) is 96.3 cm³/mol. The second kappa shape index (κ2) is 6.76. The zero-order valence-electron chi connectivity index (χ0n) is 12.5. The summed E-state index contributed by atoms with van der Waals surface area (Å²) in [6.45, 7) is 2.30. The van der Waals surface area contributed by atoms with Crippen LogP contribution in [-0.2, 0) is 11.3 Å². The molecule has 0 bridgehead atoms. The molecule has 1 fully saturated rings. The van der Waals surface area contributed by atoms with Crippen LogP contribution in [0, 0.1) is 6.92 Å². The summed E-state index contributed by atoms with van der Waals surface area (Å²) in [5, 5.41) is 2.33. The number of amides is 2. The van der Waals surface area contributed by atoms with Gasteiger partial charge in [0.1, 0.15) is 0 Å². The Labute approximate surface area is 147 Å². The third kappa shape index (κ3) is 3.76. The molecule has 1 saturated heterocycles. The van der Waals surface area contributed by atoms with Crippen LogP contribution in [-0.4, -0.2) is 21.4 Å². The third-order valence-corrected chi connectivity index (χ3v) is 5.04. The Morgan fingerprint density at radius 1 is 1.09 bits per heavy atom. The molecule has 3 rings (SSSR count). The Morgan fingerprint density at radius 3 is 2.39 bits per heavy atom. The highest BCUT2D eigenvalue weighted by atomic mass is 79.9. The highest BCUT2D eigenvalue weighted by molar-refractivity contribution is 9.10. The van der Waals surface area contributed by atoms with Gasteiger partial charge in [0, 0.05) is 10.2 Å². The first-order chi connectivity index (χ1) is 11.0. The van der Waals surface area contributed by atoms with Gasteiger partial charge in [-0.25, -0.2) is 0 Å². The minimum atomic E-state index is -0.569. The number of carbonyl (C=O) groups is 2. The standard InChI is InChI=1S/C17H15BrN2O2S/c1-11-2-8-14(9-3-11)19-15-16(21)20(17(22)23-15)10-12-4-6-13(18)7-5-12/h2-9,15,19H,10H2,1H3. The fourth-order valence-electron chi connectivity index (χ4n) is 2.25. The minimum Gasteiger partial charge on any atom is -0.365 e. The maximum absolute atomic E-state index is 12.5. The molecule has 0 saturated carbocycles. The molecule has 23 heavy (non-hydrogen) atoms. The van der Waals surface area contributed by atoms with Crippen LogP contribution in [0.2, 0.25) is 0 Å². The summed E-state index contributed by atoms with van der Waals surface area (Å²) in [4.78, 5) is 25.9. The number of nitrogens with zero attached hydrogens (tertiary/aromatic N) is 1. The first-order valence-corrected chi connectivity index (χ1v) is 8.80.